The quantitative estimate of drug-likeness (QED) is 0.522. The van der Waals surface area contributed by atoms with Crippen LogP contribution in [0.1, 0.15) is 26.2 Å². The molecule has 2 fully saturated rings. The lowest BCUT2D eigenvalue weighted by Gasteiger charge is -2.17. The van der Waals surface area contributed by atoms with Crippen LogP contribution in [0.2, 0.25) is 0 Å². The van der Waals surface area contributed by atoms with E-state index in [0.717, 1.165) is 24.3 Å². The topological polar surface area (TPSA) is 41.6 Å². The van der Waals surface area contributed by atoms with Crippen LogP contribution in [0.3, 0.4) is 0 Å². The van der Waals surface area contributed by atoms with Gasteiger partial charge in [0.25, 0.3) is 0 Å². The third-order valence-corrected chi connectivity index (χ3v) is 3.04. The molecule has 0 bridgehead atoms. The summed E-state index contributed by atoms with van der Waals surface area (Å²) < 4.78 is 0. The highest BCUT2D eigenvalue weighted by molar-refractivity contribution is 5.78. The first-order valence-corrected chi connectivity index (χ1v) is 5.21. The summed E-state index contributed by atoms with van der Waals surface area (Å²) in [6, 6.07) is 0.541. The van der Waals surface area contributed by atoms with Crippen molar-refractivity contribution in [3.05, 3.63) is 0 Å². The number of aliphatic imine (C=N–C) groups is 1. The molecule has 3 heteroatoms. The second-order valence-corrected chi connectivity index (χ2v) is 4.57. The number of hydrogen-bond acceptors (Lipinski definition) is 1. The van der Waals surface area contributed by atoms with Gasteiger partial charge in [0.2, 0.25) is 0 Å². The molecule has 2 aliphatic carbocycles. The minimum atomic E-state index is 0.541. The average Bonchev–Trinajstić information content (AvgIpc) is 2.93. The zero-order chi connectivity index (χ0) is 9.42. The summed E-state index contributed by atoms with van der Waals surface area (Å²) in [5, 5.41) is 0. The molecule has 0 heterocycles. The van der Waals surface area contributed by atoms with Crippen LogP contribution in [-0.4, -0.2) is 30.5 Å². The molecule has 0 spiro atoms. The number of nitrogens with two attached hydrogens (primary N) is 1. The highest BCUT2D eigenvalue weighted by atomic mass is 15.2. The Labute approximate surface area is 80.0 Å². The fourth-order valence-electron chi connectivity index (χ4n) is 1.59. The van der Waals surface area contributed by atoms with Gasteiger partial charge >= 0.3 is 0 Å². The van der Waals surface area contributed by atoms with Crippen molar-refractivity contribution in [3.8, 4) is 0 Å². The zero-order valence-corrected chi connectivity index (χ0v) is 8.53. The SMILES string of the molecule is CC1CC1CN(C)C(N)=NC1CC1. The van der Waals surface area contributed by atoms with E-state index in [1.54, 1.807) is 0 Å². The molecule has 0 aromatic rings. The van der Waals surface area contributed by atoms with Crippen molar-refractivity contribution in [3.63, 3.8) is 0 Å². The second-order valence-electron chi connectivity index (χ2n) is 4.57. The van der Waals surface area contributed by atoms with Crippen LogP contribution in [0.25, 0.3) is 0 Å². The smallest absolute Gasteiger partial charge is 0.191 e. The molecule has 74 valence electrons. The van der Waals surface area contributed by atoms with Crippen molar-refractivity contribution in [2.24, 2.45) is 22.6 Å². The van der Waals surface area contributed by atoms with E-state index in [-0.39, 0.29) is 0 Å². The second kappa shape index (κ2) is 3.20. The van der Waals surface area contributed by atoms with Crippen LogP contribution >= 0.6 is 0 Å². The van der Waals surface area contributed by atoms with Crippen molar-refractivity contribution in [2.45, 2.75) is 32.2 Å². The minimum absolute atomic E-state index is 0.541. The normalized spacial score (nSPS) is 33.2. The van der Waals surface area contributed by atoms with Gasteiger partial charge in [-0.3, -0.25) is 0 Å². The maximum Gasteiger partial charge on any atom is 0.191 e. The Bertz CT molecular complexity index is 220. The Morgan fingerprint density at radius 3 is 2.62 bits per heavy atom. The van der Waals surface area contributed by atoms with Crippen molar-refractivity contribution in [2.75, 3.05) is 13.6 Å². The van der Waals surface area contributed by atoms with Gasteiger partial charge in [0.15, 0.2) is 5.96 Å². The van der Waals surface area contributed by atoms with Crippen LogP contribution < -0.4 is 5.73 Å². The van der Waals surface area contributed by atoms with E-state index >= 15 is 0 Å². The van der Waals surface area contributed by atoms with Gasteiger partial charge in [-0.15, -0.1) is 0 Å². The molecule has 0 saturated heterocycles. The van der Waals surface area contributed by atoms with Crippen molar-refractivity contribution in [1.29, 1.82) is 0 Å². The van der Waals surface area contributed by atoms with E-state index in [0.29, 0.717) is 6.04 Å². The zero-order valence-electron chi connectivity index (χ0n) is 8.53. The molecule has 0 amide bonds. The van der Waals surface area contributed by atoms with E-state index in [2.05, 4.69) is 16.8 Å². The fourth-order valence-corrected chi connectivity index (χ4v) is 1.59. The Morgan fingerprint density at radius 1 is 1.54 bits per heavy atom. The minimum Gasteiger partial charge on any atom is -0.370 e. The van der Waals surface area contributed by atoms with Crippen molar-refractivity contribution in [1.82, 2.24) is 4.90 Å². The number of guanidine groups is 1. The molecule has 2 unspecified atom stereocenters. The van der Waals surface area contributed by atoms with Crippen molar-refractivity contribution >= 4 is 5.96 Å². The van der Waals surface area contributed by atoms with Crippen LogP contribution in [0, 0.1) is 11.8 Å². The van der Waals surface area contributed by atoms with Gasteiger partial charge in [-0.25, -0.2) is 4.99 Å². The first-order valence-electron chi connectivity index (χ1n) is 5.21. The first-order chi connectivity index (χ1) is 6.16. The van der Waals surface area contributed by atoms with Gasteiger partial charge in [0.1, 0.15) is 0 Å². The lowest BCUT2D eigenvalue weighted by atomic mass is 10.3. The van der Waals surface area contributed by atoms with Crippen molar-refractivity contribution < 1.29 is 0 Å². The number of rotatable bonds is 3. The molecule has 2 rings (SSSR count). The van der Waals surface area contributed by atoms with Gasteiger partial charge in [-0.05, 0) is 31.1 Å². The average molecular weight is 181 g/mol. The monoisotopic (exact) mass is 181 g/mol. The number of hydrogen-bond donors (Lipinski definition) is 1. The highest BCUT2D eigenvalue weighted by Crippen LogP contribution is 2.37. The number of nitrogens with zero attached hydrogens (tertiary/aromatic N) is 2. The first kappa shape index (κ1) is 8.85. The molecule has 2 saturated carbocycles. The van der Waals surface area contributed by atoms with E-state index < -0.39 is 0 Å². The van der Waals surface area contributed by atoms with Gasteiger partial charge < -0.3 is 10.6 Å². The Hall–Kier alpha value is -0.730. The summed E-state index contributed by atoms with van der Waals surface area (Å²) in [7, 11) is 2.05. The summed E-state index contributed by atoms with van der Waals surface area (Å²) in [4.78, 5) is 6.52. The van der Waals surface area contributed by atoms with Gasteiger partial charge in [0, 0.05) is 13.6 Å². The van der Waals surface area contributed by atoms with Crippen LogP contribution in [0.5, 0.6) is 0 Å². The molecule has 3 nitrogen and oxygen atoms in total. The molecule has 0 aromatic carbocycles. The summed E-state index contributed by atoms with van der Waals surface area (Å²) in [5.74, 6) is 2.50. The third kappa shape index (κ3) is 2.36. The summed E-state index contributed by atoms with van der Waals surface area (Å²) in [5.41, 5.74) is 5.86. The molecule has 0 aliphatic heterocycles. The van der Waals surface area contributed by atoms with Crippen LogP contribution in [0.4, 0.5) is 0 Å². The van der Waals surface area contributed by atoms with E-state index in [1.807, 2.05) is 7.05 Å². The molecule has 0 aromatic heterocycles. The molecular formula is C10H19N3. The maximum atomic E-state index is 5.86. The molecule has 2 N–H and O–H groups in total. The standard InChI is InChI=1S/C10H19N3/c1-7-5-8(7)6-13(2)10(11)12-9-3-4-9/h7-9H,3-6H2,1-2H3,(H2,11,12). The van der Waals surface area contributed by atoms with Gasteiger partial charge in [-0.2, -0.15) is 0 Å². The Kier molecular flexibility index (Phi) is 2.18. The summed E-state index contributed by atoms with van der Waals surface area (Å²) >= 11 is 0. The van der Waals surface area contributed by atoms with Crippen LogP contribution in [-0.2, 0) is 0 Å². The Balaban J connectivity index is 1.77. The van der Waals surface area contributed by atoms with E-state index in [9.17, 15) is 0 Å². The predicted octanol–water partition coefficient (Wildman–Crippen LogP) is 1.05. The molecule has 0 radical (unpaired) electrons. The molecule has 2 aliphatic rings. The van der Waals surface area contributed by atoms with Gasteiger partial charge in [-0.1, -0.05) is 6.92 Å². The maximum absolute atomic E-state index is 5.86. The molecule has 2 atom stereocenters. The van der Waals surface area contributed by atoms with Gasteiger partial charge in [0.05, 0.1) is 6.04 Å². The largest absolute Gasteiger partial charge is 0.370 e. The fraction of sp³-hybridized carbons (Fsp3) is 0.900. The summed E-state index contributed by atoms with van der Waals surface area (Å²) in [6.45, 7) is 3.38. The lowest BCUT2D eigenvalue weighted by molar-refractivity contribution is 0.456. The Morgan fingerprint density at radius 2 is 2.15 bits per heavy atom. The molecular weight excluding hydrogens is 162 g/mol. The predicted molar refractivity (Wildman–Crippen MR) is 54.5 cm³/mol. The summed E-state index contributed by atoms with van der Waals surface area (Å²) in [6.07, 6.45) is 3.82. The van der Waals surface area contributed by atoms with E-state index in [1.165, 1.54) is 19.3 Å². The van der Waals surface area contributed by atoms with Crippen LogP contribution in [0.15, 0.2) is 4.99 Å². The highest BCUT2D eigenvalue weighted by Gasteiger charge is 2.33. The van der Waals surface area contributed by atoms with E-state index in [4.69, 9.17) is 5.73 Å². The third-order valence-electron chi connectivity index (χ3n) is 3.04. The lowest BCUT2D eigenvalue weighted by Crippen LogP contribution is -2.35. The molecule has 13 heavy (non-hydrogen) atoms.